The highest BCUT2D eigenvalue weighted by molar-refractivity contribution is 5.74. The van der Waals surface area contributed by atoms with Crippen LogP contribution in [0.1, 0.15) is 44.1 Å². The zero-order chi connectivity index (χ0) is 14.9. The van der Waals surface area contributed by atoms with Crippen LogP contribution in [0, 0.1) is 11.3 Å². The van der Waals surface area contributed by atoms with E-state index in [1.807, 2.05) is 12.1 Å². The molecular formula is C16H22N4O. The topological polar surface area (TPSA) is 69.0 Å². The lowest BCUT2D eigenvalue weighted by molar-refractivity contribution is 0.188. The first-order valence-electron chi connectivity index (χ1n) is 7.61. The molecule has 0 unspecified atom stereocenters. The molecule has 0 atom stereocenters. The SMILES string of the molecule is N#CCCN(Cc1cccnc1)C(=O)NC1CCCCC1. The predicted octanol–water partition coefficient (Wildman–Crippen LogP) is 2.84. The quantitative estimate of drug-likeness (QED) is 0.905. The molecule has 112 valence electrons. The molecule has 1 heterocycles. The van der Waals surface area contributed by atoms with Crippen LogP contribution in [0.3, 0.4) is 0 Å². The summed E-state index contributed by atoms with van der Waals surface area (Å²) in [6.07, 6.45) is 9.57. The Balaban J connectivity index is 1.94. The van der Waals surface area contributed by atoms with Crippen molar-refractivity contribution in [1.29, 1.82) is 5.26 Å². The van der Waals surface area contributed by atoms with E-state index < -0.39 is 0 Å². The number of hydrogen-bond acceptors (Lipinski definition) is 3. The molecule has 21 heavy (non-hydrogen) atoms. The number of aromatic nitrogens is 1. The highest BCUT2D eigenvalue weighted by atomic mass is 16.2. The van der Waals surface area contributed by atoms with E-state index in [0.717, 1.165) is 18.4 Å². The van der Waals surface area contributed by atoms with Crippen molar-refractivity contribution in [1.82, 2.24) is 15.2 Å². The van der Waals surface area contributed by atoms with Gasteiger partial charge in [-0.2, -0.15) is 5.26 Å². The van der Waals surface area contributed by atoms with E-state index in [1.165, 1.54) is 19.3 Å². The molecule has 1 aliphatic carbocycles. The van der Waals surface area contributed by atoms with Crippen LogP contribution in [0.25, 0.3) is 0 Å². The van der Waals surface area contributed by atoms with Crippen molar-refractivity contribution < 1.29 is 4.79 Å². The predicted molar refractivity (Wildman–Crippen MR) is 80.3 cm³/mol. The Morgan fingerprint density at radius 3 is 2.90 bits per heavy atom. The summed E-state index contributed by atoms with van der Waals surface area (Å²) < 4.78 is 0. The third-order valence-corrected chi connectivity index (χ3v) is 3.81. The molecule has 0 aromatic carbocycles. The molecule has 1 fully saturated rings. The molecule has 0 spiro atoms. The molecule has 1 aromatic heterocycles. The summed E-state index contributed by atoms with van der Waals surface area (Å²) in [6.45, 7) is 0.942. The molecule has 5 heteroatoms. The Labute approximate surface area is 126 Å². The Bertz CT molecular complexity index is 477. The number of hydrogen-bond donors (Lipinski definition) is 1. The molecule has 1 saturated carbocycles. The second kappa shape index (κ2) is 8.25. The van der Waals surface area contributed by atoms with Gasteiger partial charge in [0, 0.05) is 31.5 Å². The molecule has 0 aliphatic heterocycles. The van der Waals surface area contributed by atoms with Gasteiger partial charge >= 0.3 is 6.03 Å². The maximum Gasteiger partial charge on any atom is 0.317 e. The van der Waals surface area contributed by atoms with Crippen molar-refractivity contribution in [3.8, 4) is 6.07 Å². The molecule has 5 nitrogen and oxygen atoms in total. The van der Waals surface area contributed by atoms with Crippen LogP contribution in [-0.4, -0.2) is 28.5 Å². The summed E-state index contributed by atoms with van der Waals surface area (Å²) in [7, 11) is 0. The highest BCUT2D eigenvalue weighted by Crippen LogP contribution is 2.17. The van der Waals surface area contributed by atoms with Crippen LogP contribution in [0.5, 0.6) is 0 Å². The summed E-state index contributed by atoms with van der Waals surface area (Å²) >= 11 is 0. The van der Waals surface area contributed by atoms with E-state index in [2.05, 4.69) is 16.4 Å². The van der Waals surface area contributed by atoms with Gasteiger partial charge in [0.15, 0.2) is 0 Å². The molecule has 0 saturated heterocycles. The maximum absolute atomic E-state index is 12.4. The fourth-order valence-electron chi connectivity index (χ4n) is 2.66. The second-order valence-electron chi connectivity index (χ2n) is 5.48. The Morgan fingerprint density at radius 2 is 2.24 bits per heavy atom. The normalized spacial score (nSPS) is 15.2. The van der Waals surface area contributed by atoms with Gasteiger partial charge < -0.3 is 10.2 Å². The summed E-state index contributed by atoms with van der Waals surface area (Å²) in [6, 6.07) is 6.12. The van der Waals surface area contributed by atoms with Crippen LogP contribution < -0.4 is 5.32 Å². The van der Waals surface area contributed by atoms with E-state index in [9.17, 15) is 4.79 Å². The first-order valence-corrected chi connectivity index (χ1v) is 7.61. The first-order chi connectivity index (χ1) is 10.3. The van der Waals surface area contributed by atoms with Crippen molar-refractivity contribution in [2.75, 3.05) is 6.54 Å². The van der Waals surface area contributed by atoms with Crippen molar-refractivity contribution in [2.24, 2.45) is 0 Å². The van der Waals surface area contributed by atoms with Crippen molar-refractivity contribution in [3.05, 3.63) is 30.1 Å². The number of nitriles is 1. The van der Waals surface area contributed by atoms with Gasteiger partial charge in [-0.25, -0.2) is 4.79 Å². The van der Waals surface area contributed by atoms with Gasteiger partial charge in [0.1, 0.15) is 0 Å². The van der Waals surface area contributed by atoms with E-state index in [-0.39, 0.29) is 12.1 Å². The Morgan fingerprint density at radius 1 is 1.43 bits per heavy atom. The minimum atomic E-state index is -0.0685. The van der Waals surface area contributed by atoms with Crippen molar-refractivity contribution in [3.63, 3.8) is 0 Å². The fraction of sp³-hybridized carbons (Fsp3) is 0.562. The fourth-order valence-corrected chi connectivity index (χ4v) is 2.66. The molecule has 1 aliphatic rings. The molecule has 2 rings (SSSR count). The van der Waals surface area contributed by atoms with Gasteiger partial charge in [-0.1, -0.05) is 25.3 Å². The lowest BCUT2D eigenvalue weighted by Crippen LogP contribution is -2.45. The van der Waals surface area contributed by atoms with Crippen LogP contribution in [0.4, 0.5) is 4.79 Å². The molecule has 1 N–H and O–H groups in total. The number of rotatable bonds is 5. The maximum atomic E-state index is 12.4. The zero-order valence-corrected chi connectivity index (χ0v) is 12.3. The number of carbonyl (C=O) groups excluding carboxylic acids is 1. The number of carbonyl (C=O) groups is 1. The third-order valence-electron chi connectivity index (χ3n) is 3.81. The highest BCUT2D eigenvalue weighted by Gasteiger charge is 2.19. The van der Waals surface area contributed by atoms with Gasteiger partial charge in [-0.3, -0.25) is 4.98 Å². The number of pyridine rings is 1. The smallest absolute Gasteiger partial charge is 0.317 e. The Hall–Kier alpha value is -2.09. The monoisotopic (exact) mass is 286 g/mol. The minimum absolute atomic E-state index is 0.0685. The standard InChI is InChI=1S/C16H22N4O/c17-9-5-11-20(13-14-6-4-10-18-12-14)16(21)19-15-7-2-1-3-8-15/h4,6,10,12,15H,1-3,5,7-8,11,13H2,(H,19,21). The van der Waals surface area contributed by atoms with Gasteiger partial charge in [0.2, 0.25) is 0 Å². The lowest BCUT2D eigenvalue weighted by Gasteiger charge is -2.28. The summed E-state index contributed by atoms with van der Waals surface area (Å²) in [5.41, 5.74) is 0.981. The van der Waals surface area contributed by atoms with Crippen LogP contribution in [-0.2, 0) is 6.54 Å². The molecule has 2 amide bonds. The molecular weight excluding hydrogens is 264 g/mol. The third kappa shape index (κ3) is 5.07. The van der Waals surface area contributed by atoms with Crippen LogP contribution >= 0.6 is 0 Å². The van der Waals surface area contributed by atoms with Crippen LogP contribution in [0.2, 0.25) is 0 Å². The van der Waals surface area contributed by atoms with E-state index >= 15 is 0 Å². The largest absolute Gasteiger partial charge is 0.335 e. The summed E-state index contributed by atoms with van der Waals surface area (Å²) in [5, 5.41) is 11.9. The number of nitrogens with one attached hydrogen (secondary N) is 1. The number of amides is 2. The summed E-state index contributed by atoms with van der Waals surface area (Å²) in [5.74, 6) is 0. The molecule has 1 aromatic rings. The second-order valence-corrected chi connectivity index (χ2v) is 5.48. The van der Waals surface area contributed by atoms with E-state index in [1.54, 1.807) is 17.3 Å². The molecule has 0 radical (unpaired) electrons. The van der Waals surface area contributed by atoms with E-state index in [0.29, 0.717) is 19.5 Å². The van der Waals surface area contributed by atoms with Gasteiger partial charge in [0.25, 0.3) is 0 Å². The van der Waals surface area contributed by atoms with E-state index in [4.69, 9.17) is 5.26 Å². The lowest BCUT2D eigenvalue weighted by atomic mass is 9.96. The minimum Gasteiger partial charge on any atom is -0.335 e. The number of nitrogens with zero attached hydrogens (tertiary/aromatic N) is 3. The number of urea groups is 1. The van der Waals surface area contributed by atoms with Gasteiger partial charge in [-0.15, -0.1) is 0 Å². The van der Waals surface area contributed by atoms with Crippen molar-refractivity contribution >= 4 is 6.03 Å². The average molecular weight is 286 g/mol. The van der Waals surface area contributed by atoms with Gasteiger partial charge in [-0.05, 0) is 24.5 Å². The van der Waals surface area contributed by atoms with Crippen molar-refractivity contribution in [2.45, 2.75) is 51.1 Å². The Kier molecular flexibility index (Phi) is 6.01. The van der Waals surface area contributed by atoms with Gasteiger partial charge in [0.05, 0.1) is 12.5 Å². The summed E-state index contributed by atoms with van der Waals surface area (Å²) in [4.78, 5) is 18.2. The first kappa shape index (κ1) is 15.3. The van der Waals surface area contributed by atoms with Crippen LogP contribution in [0.15, 0.2) is 24.5 Å². The average Bonchev–Trinajstić information content (AvgIpc) is 2.53. The molecule has 0 bridgehead atoms. The zero-order valence-electron chi connectivity index (χ0n) is 12.3.